The van der Waals surface area contributed by atoms with E-state index in [-0.39, 0.29) is 4.47 Å². The fourth-order valence-electron chi connectivity index (χ4n) is 0.783. The normalized spacial score (nSPS) is 9.00. The van der Waals surface area contributed by atoms with Crippen molar-refractivity contribution < 1.29 is 8.78 Å². The molecule has 0 unspecified atom stereocenters. The molecule has 0 aliphatic heterocycles. The SMILES string of the molecule is N#Cc1cc(F)c(Br)c(C#N)c1F. The summed E-state index contributed by atoms with van der Waals surface area (Å²) in [6.07, 6.45) is 0. The van der Waals surface area contributed by atoms with Gasteiger partial charge in [0, 0.05) is 0 Å². The van der Waals surface area contributed by atoms with E-state index in [0.29, 0.717) is 0 Å². The summed E-state index contributed by atoms with van der Waals surface area (Å²) in [7, 11) is 0. The minimum atomic E-state index is -1.00. The van der Waals surface area contributed by atoms with Gasteiger partial charge in [0.1, 0.15) is 23.5 Å². The molecule has 13 heavy (non-hydrogen) atoms. The summed E-state index contributed by atoms with van der Waals surface area (Å²) >= 11 is 2.71. The maximum atomic E-state index is 13.1. The highest BCUT2D eigenvalue weighted by atomic mass is 79.9. The molecule has 0 bridgehead atoms. The average Bonchev–Trinajstić information content (AvgIpc) is 2.12. The quantitative estimate of drug-likeness (QED) is 0.657. The maximum Gasteiger partial charge on any atom is 0.160 e. The van der Waals surface area contributed by atoms with Crippen LogP contribution in [-0.4, -0.2) is 0 Å². The van der Waals surface area contributed by atoms with Crippen molar-refractivity contribution in [2.75, 3.05) is 0 Å². The second kappa shape index (κ2) is 3.51. The standard InChI is InChI=1S/C8HBrF2N2/c9-7-5(3-13)8(11)4(2-12)1-6(7)10/h1H. The lowest BCUT2D eigenvalue weighted by molar-refractivity contribution is 0.588. The van der Waals surface area contributed by atoms with E-state index in [1.54, 1.807) is 0 Å². The first-order valence-electron chi connectivity index (χ1n) is 3.09. The summed E-state index contributed by atoms with van der Waals surface area (Å²) in [6.45, 7) is 0. The fraction of sp³-hybridized carbons (Fsp3) is 0. The molecule has 0 aliphatic rings. The highest BCUT2D eigenvalue weighted by Crippen LogP contribution is 2.25. The molecule has 0 N–H and O–H groups in total. The number of nitriles is 2. The summed E-state index contributed by atoms with van der Waals surface area (Å²) < 4.78 is 25.7. The molecule has 2 nitrogen and oxygen atoms in total. The molecule has 0 aliphatic carbocycles. The van der Waals surface area contributed by atoms with Gasteiger partial charge in [-0.05, 0) is 22.0 Å². The second-order valence-electron chi connectivity index (χ2n) is 2.13. The molecule has 0 heterocycles. The van der Waals surface area contributed by atoms with E-state index in [1.807, 2.05) is 0 Å². The lowest BCUT2D eigenvalue weighted by Gasteiger charge is -2.00. The van der Waals surface area contributed by atoms with Crippen molar-refractivity contribution in [1.82, 2.24) is 0 Å². The first kappa shape index (κ1) is 9.63. The van der Waals surface area contributed by atoms with Crippen molar-refractivity contribution in [3.8, 4) is 12.1 Å². The third-order valence-corrected chi connectivity index (χ3v) is 2.16. The van der Waals surface area contributed by atoms with Crippen molar-refractivity contribution in [2.24, 2.45) is 0 Å². The molecule has 0 saturated heterocycles. The third-order valence-electron chi connectivity index (χ3n) is 1.39. The number of benzene rings is 1. The van der Waals surface area contributed by atoms with Gasteiger partial charge in [0.15, 0.2) is 5.82 Å². The van der Waals surface area contributed by atoms with Gasteiger partial charge < -0.3 is 0 Å². The molecule has 1 aromatic rings. The largest absolute Gasteiger partial charge is 0.206 e. The first-order valence-corrected chi connectivity index (χ1v) is 3.88. The van der Waals surface area contributed by atoms with Crippen molar-refractivity contribution in [2.45, 2.75) is 0 Å². The van der Waals surface area contributed by atoms with Crippen molar-refractivity contribution in [1.29, 1.82) is 10.5 Å². The van der Waals surface area contributed by atoms with Gasteiger partial charge in [-0.15, -0.1) is 0 Å². The van der Waals surface area contributed by atoms with E-state index in [9.17, 15) is 8.78 Å². The predicted octanol–water partition coefficient (Wildman–Crippen LogP) is 2.47. The first-order chi connectivity index (χ1) is 6.11. The predicted molar refractivity (Wildman–Crippen MR) is 43.5 cm³/mol. The van der Waals surface area contributed by atoms with Crippen LogP contribution in [0.1, 0.15) is 11.1 Å². The smallest absolute Gasteiger partial charge is 0.160 e. The highest BCUT2D eigenvalue weighted by Gasteiger charge is 2.16. The maximum absolute atomic E-state index is 13.1. The van der Waals surface area contributed by atoms with Gasteiger partial charge >= 0.3 is 0 Å². The van der Waals surface area contributed by atoms with Gasteiger partial charge in [-0.2, -0.15) is 10.5 Å². The zero-order valence-corrected chi connectivity index (χ0v) is 7.69. The van der Waals surface area contributed by atoms with Crippen molar-refractivity contribution in [3.05, 3.63) is 33.3 Å². The molecule has 0 fully saturated rings. The summed E-state index contributed by atoms with van der Waals surface area (Å²) in [5.74, 6) is -1.83. The van der Waals surface area contributed by atoms with Gasteiger partial charge in [0.25, 0.3) is 0 Å². The zero-order chi connectivity index (χ0) is 10.0. The number of hydrogen-bond donors (Lipinski definition) is 0. The van der Waals surface area contributed by atoms with E-state index in [4.69, 9.17) is 10.5 Å². The molecule has 1 aromatic carbocycles. The molecule has 0 atom stereocenters. The molecular weight excluding hydrogens is 242 g/mol. The number of halogens is 3. The Balaban J connectivity index is 3.63. The van der Waals surface area contributed by atoms with Crippen LogP contribution in [0.4, 0.5) is 8.78 Å². The van der Waals surface area contributed by atoms with Crippen LogP contribution in [0, 0.1) is 34.3 Å². The Hall–Kier alpha value is -1.46. The van der Waals surface area contributed by atoms with E-state index >= 15 is 0 Å². The summed E-state index contributed by atoms with van der Waals surface area (Å²) in [5.41, 5.74) is -0.964. The van der Waals surface area contributed by atoms with Crippen molar-refractivity contribution >= 4 is 15.9 Å². The third kappa shape index (κ3) is 1.51. The van der Waals surface area contributed by atoms with Crippen molar-refractivity contribution in [3.63, 3.8) is 0 Å². The molecule has 64 valence electrons. The summed E-state index contributed by atoms with van der Waals surface area (Å²) in [4.78, 5) is 0. The Bertz CT molecular complexity index is 443. The van der Waals surface area contributed by atoms with Crippen LogP contribution in [-0.2, 0) is 0 Å². The summed E-state index contributed by atoms with van der Waals surface area (Å²) in [5, 5.41) is 16.8. The van der Waals surface area contributed by atoms with Gasteiger partial charge in [0.2, 0.25) is 0 Å². The van der Waals surface area contributed by atoms with Crippen LogP contribution in [0.5, 0.6) is 0 Å². The van der Waals surface area contributed by atoms with E-state index in [0.717, 1.165) is 6.07 Å². The van der Waals surface area contributed by atoms with E-state index < -0.39 is 22.8 Å². The van der Waals surface area contributed by atoms with Crippen LogP contribution in [0.2, 0.25) is 0 Å². The fourth-order valence-corrected chi connectivity index (χ4v) is 1.16. The number of rotatable bonds is 0. The number of nitrogens with zero attached hydrogens (tertiary/aromatic N) is 2. The minimum Gasteiger partial charge on any atom is -0.206 e. The lowest BCUT2D eigenvalue weighted by Crippen LogP contribution is -1.94. The number of hydrogen-bond acceptors (Lipinski definition) is 2. The van der Waals surface area contributed by atoms with Gasteiger partial charge in [-0.25, -0.2) is 8.78 Å². The van der Waals surface area contributed by atoms with Crippen LogP contribution in [0.15, 0.2) is 10.5 Å². The Labute approximate surface area is 81.1 Å². The molecule has 0 aromatic heterocycles. The average molecular weight is 243 g/mol. The zero-order valence-electron chi connectivity index (χ0n) is 6.11. The highest BCUT2D eigenvalue weighted by molar-refractivity contribution is 9.10. The lowest BCUT2D eigenvalue weighted by atomic mass is 10.1. The molecule has 1 rings (SSSR count). The monoisotopic (exact) mass is 242 g/mol. The Kier molecular flexibility index (Phi) is 2.60. The van der Waals surface area contributed by atoms with Crippen LogP contribution < -0.4 is 0 Å². The molecule has 0 saturated carbocycles. The topological polar surface area (TPSA) is 47.6 Å². The van der Waals surface area contributed by atoms with Crippen LogP contribution in [0.3, 0.4) is 0 Å². The molecule has 0 amide bonds. The molecule has 0 radical (unpaired) electrons. The molecular formula is C8HBrF2N2. The molecule has 0 spiro atoms. The Morgan fingerprint density at radius 1 is 1.23 bits per heavy atom. The second-order valence-corrected chi connectivity index (χ2v) is 2.93. The van der Waals surface area contributed by atoms with Gasteiger partial charge in [0.05, 0.1) is 10.0 Å². The van der Waals surface area contributed by atoms with Gasteiger partial charge in [-0.3, -0.25) is 0 Å². The van der Waals surface area contributed by atoms with Crippen LogP contribution in [0.25, 0.3) is 0 Å². The Morgan fingerprint density at radius 2 is 1.85 bits per heavy atom. The van der Waals surface area contributed by atoms with E-state index in [1.165, 1.54) is 12.1 Å². The molecule has 5 heteroatoms. The van der Waals surface area contributed by atoms with Gasteiger partial charge in [-0.1, -0.05) is 0 Å². The Morgan fingerprint density at radius 3 is 2.31 bits per heavy atom. The summed E-state index contributed by atoms with van der Waals surface area (Å²) in [6, 6.07) is 3.65. The van der Waals surface area contributed by atoms with E-state index in [2.05, 4.69) is 15.9 Å². The van der Waals surface area contributed by atoms with Crippen LogP contribution >= 0.6 is 15.9 Å². The minimum absolute atomic E-state index is 0.258.